The highest BCUT2D eigenvalue weighted by Gasteiger charge is 2.15. The number of fused-ring (bicyclic) bond motifs is 1. The minimum absolute atomic E-state index is 0.134. The Morgan fingerprint density at radius 3 is 2.50 bits per heavy atom. The summed E-state index contributed by atoms with van der Waals surface area (Å²) in [5.74, 6) is -0.0274. The monoisotopic (exact) mass is 446 g/mol. The van der Waals surface area contributed by atoms with Gasteiger partial charge in [0, 0.05) is 34.4 Å². The molecule has 3 aromatic carbocycles. The van der Waals surface area contributed by atoms with Gasteiger partial charge in [-0.2, -0.15) is 4.73 Å². The van der Waals surface area contributed by atoms with Crippen molar-refractivity contribution < 1.29 is 14.9 Å². The topological polar surface area (TPSA) is 110 Å². The molecule has 1 aromatic heterocycles. The molecule has 0 fully saturated rings. The summed E-state index contributed by atoms with van der Waals surface area (Å²) in [6.07, 6.45) is 5.20. The Morgan fingerprint density at radius 1 is 1.12 bits per heavy atom. The van der Waals surface area contributed by atoms with E-state index in [1.165, 1.54) is 24.3 Å². The van der Waals surface area contributed by atoms with E-state index in [1.54, 1.807) is 42.1 Å². The molecule has 32 heavy (non-hydrogen) atoms. The van der Waals surface area contributed by atoms with Gasteiger partial charge in [0.1, 0.15) is 5.52 Å². The molecule has 0 unspecified atom stereocenters. The SMILES string of the molecule is CSc1ccc(/C=C/C(=O)Nc2ccc(-c3nc4ccc([N+](=O)[O-])cc4n3O)cc2)cc1. The number of nitrogens with zero attached hydrogens (tertiary/aromatic N) is 3. The van der Waals surface area contributed by atoms with Crippen molar-refractivity contribution in [1.29, 1.82) is 0 Å². The Kier molecular flexibility index (Phi) is 5.91. The van der Waals surface area contributed by atoms with E-state index in [9.17, 15) is 20.1 Å². The lowest BCUT2D eigenvalue weighted by atomic mass is 10.2. The van der Waals surface area contributed by atoms with Crippen LogP contribution in [0.3, 0.4) is 0 Å². The van der Waals surface area contributed by atoms with Crippen molar-refractivity contribution in [3.8, 4) is 11.4 Å². The molecule has 1 amide bonds. The van der Waals surface area contributed by atoms with Gasteiger partial charge in [-0.25, -0.2) is 4.98 Å². The highest BCUT2D eigenvalue weighted by Crippen LogP contribution is 2.27. The third-order valence-corrected chi connectivity index (χ3v) is 5.52. The number of nitro benzene ring substituents is 1. The van der Waals surface area contributed by atoms with Gasteiger partial charge in [0.2, 0.25) is 5.91 Å². The first-order valence-corrected chi connectivity index (χ1v) is 10.8. The van der Waals surface area contributed by atoms with Gasteiger partial charge < -0.3 is 10.5 Å². The largest absolute Gasteiger partial charge is 0.426 e. The number of rotatable bonds is 6. The van der Waals surface area contributed by atoms with E-state index in [-0.39, 0.29) is 22.9 Å². The smallest absolute Gasteiger partial charge is 0.271 e. The molecule has 160 valence electrons. The quantitative estimate of drug-likeness (QED) is 0.138. The number of aromatic nitrogens is 2. The summed E-state index contributed by atoms with van der Waals surface area (Å²) >= 11 is 1.65. The molecule has 4 aromatic rings. The minimum atomic E-state index is -0.530. The van der Waals surface area contributed by atoms with Gasteiger partial charge in [-0.3, -0.25) is 14.9 Å². The first-order valence-electron chi connectivity index (χ1n) is 9.54. The molecule has 0 spiro atoms. The number of nitrogens with one attached hydrogen (secondary N) is 1. The van der Waals surface area contributed by atoms with Crippen LogP contribution in [0, 0.1) is 10.1 Å². The third kappa shape index (κ3) is 4.47. The number of imidazole rings is 1. The van der Waals surface area contributed by atoms with E-state index in [0.717, 1.165) is 15.2 Å². The molecule has 9 heteroatoms. The van der Waals surface area contributed by atoms with Gasteiger partial charge in [-0.1, -0.05) is 12.1 Å². The predicted octanol–water partition coefficient (Wildman–Crippen LogP) is 5.22. The first-order chi connectivity index (χ1) is 15.4. The van der Waals surface area contributed by atoms with Crippen molar-refractivity contribution >= 4 is 46.2 Å². The second-order valence-corrected chi connectivity index (χ2v) is 7.73. The van der Waals surface area contributed by atoms with Crippen molar-refractivity contribution in [2.24, 2.45) is 0 Å². The number of thioether (sulfide) groups is 1. The summed E-state index contributed by atoms with van der Waals surface area (Å²) in [4.78, 5) is 28.1. The van der Waals surface area contributed by atoms with Gasteiger partial charge in [-0.05, 0) is 60.4 Å². The molecular weight excluding hydrogens is 428 g/mol. The van der Waals surface area contributed by atoms with Gasteiger partial charge in [0.25, 0.3) is 5.69 Å². The number of hydrogen-bond donors (Lipinski definition) is 2. The van der Waals surface area contributed by atoms with Crippen LogP contribution in [0.5, 0.6) is 0 Å². The fraction of sp³-hybridized carbons (Fsp3) is 0.0435. The van der Waals surface area contributed by atoms with E-state index < -0.39 is 4.92 Å². The molecule has 0 atom stereocenters. The lowest BCUT2D eigenvalue weighted by Gasteiger charge is -2.05. The van der Waals surface area contributed by atoms with Crippen molar-refractivity contribution in [2.45, 2.75) is 4.90 Å². The number of nitro groups is 1. The van der Waals surface area contributed by atoms with Crippen LogP contribution >= 0.6 is 11.8 Å². The van der Waals surface area contributed by atoms with Crippen molar-refractivity contribution in [3.63, 3.8) is 0 Å². The van der Waals surface area contributed by atoms with Crippen LogP contribution in [0.4, 0.5) is 11.4 Å². The fourth-order valence-corrected chi connectivity index (χ4v) is 3.53. The standard InChI is InChI=1S/C23H18N4O4S/c1-32-19-10-2-15(3-11-19)4-13-22(28)24-17-7-5-16(6-8-17)23-25-20-12-9-18(27(30)31)14-21(20)26(23)29/h2-14,29H,1H3,(H,24,28)/b13-4+. The van der Waals surface area contributed by atoms with Crippen LogP contribution in [0.25, 0.3) is 28.5 Å². The van der Waals surface area contributed by atoms with Gasteiger partial charge >= 0.3 is 0 Å². The zero-order valence-electron chi connectivity index (χ0n) is 16.9. The molecule has 0 aliphatic rings. The molecule has 0 aliphatic heterocycles. The number of amides is 1. The lowest BCUT2D eigenvalue weighted by Crippen LogP contribution is -2.07. The zero-order valence-corrected chi connectivity index (χ0v) is 17.7. The van der Waals surface area contributed by atoms with Gasteiger partial charge in [0.15, 0.2) is 5.82 Å². The van der Waals surface area contributed by atoms with Gasteiger partial charge in [0.05, 0.1) is 10.4 Å². The Labute approximate surface area is 187 Å². The molecule has 0 aliphatic carbocycles. The maximum atomic E-state index is 12.2. The second-order valence-electron chi connectivity index (χ2n) is 6.85. The maximum absolute atomic E-state index is 12.2. The third-order valence-electron chi connectivity index (χ3n) is 4.78. The Hall–Kier alpha value is -4.11. The Bertz CT molecular complexity index is 1330. The van der Waals surface area contributed by atoms with Crippen LogP contribution in [0.1, 0.15) is 5.56 Å². The predicted molar refractivity (Wildman–Crippen MR) is 125 cm³/mol. The summed E-state index contributed by atoms with van der Waals surface area (Å²) in [5, 5.41) is 24.2. The summed E-state index contributed by atoms with van der Waals surface area (Å²) in [6.45, 7) is 0. The lowest BCUT2D eigenvalue weighted by molar-refractivity contribution is -0.384. The van der Waals surface area contributed by atoms with E-state index in [1.807, 2.05) is 30.5 Å². The Morgan fingerprint density at radius 2 is 1.84 bits per heavy atom. The zero-order chi connectivity index (χ0) is 22.7. The molecule has 2 N–H and O–H groups in total. The maximum Gasteiger partial charge on any atom is 0.271 e. The highest BCUT2D eigenvalue weighted by molar-refractivity contribution is 7.98. The summed E-state index contributed by atoms with van der Waals surface area (Å²) in [7, 11) is 0. The molecule has 0 bridgehead atoms. The molecule has 0 saturated carbocycles. The molecule has 1 heterocycles. The molecule has 0 radical (unpaired) electrons. The first kappa shape index (κ1) is 21.1. The summed E-state index contributed by atoms with van der Waals surface area (Å²) < 4.78 is 0.820. The van der Waals surface area contributed by atoms with E-state index in [2.05, 4.69) is 10.3 Å². The fourth-order valence-electron chi connectivity index (χ4n) is 3.13. The van der Waals surface area contributed by atoms with Gasteiger partial charge in [-0.15, -0.1) is 11.8 Å². The van der Waals surface area contributed by atoms with Crippen LogP contribution in [-0.2, 0) is 4.79 Å². The highest BCUT2D eigenvalue weighted by atomic mass is 32.2. The molecule has 8 nitrogen and oxygen atoms in total. The Balaban J connectivity index is 1.48. The minimum Gasteiger partial charge on any atom is -0.426 e. The number of non-ortho nitro benzene ring substituents is 1. The average Bonchev–Trinajstić information content (AvgIpc) is 3.14. The summed E-state index contributed by atoms with van der Waals surface area (Å²) in [6, 6.07) is 18.7. The van der Waals surface area contributed by atoms with Crippen molar-refractivity contribution in [2.75, 3.05) is 11.6 Å². The van der Waals surface area contributed by atoms with Crippen molar-refractivity contribution in [3.05, 3.63) is 88.5 Å². The average molecular weight is 446 g/mol. The number of carbonyl (C=O) groups is 1. The molecular formula is C23H18N4O4S. The second kappa shape index (κ2) is 8.94. The summed E-state index contributed by atoms with van der Waals surface area (Å²) in [5.41, 5.74) is 2.63. The van der Waals surface area contributed by atoms with Crippen molar-refractivity contribution in [1.82, 2.24) is 9.71 Å². The molecule has 0 saturated heterocycles. The number of anilines is 1. The number of hydrogen-bond acceptors (Lipinski definition) is 6. The van der Waals surface area contributed by atoms with E-state index in [0.29, 0.717) is 16.8 Å². The molecule has 4 rings (SSSR count). The van der Waals surface area contributed by atoms with E-state index in [4.69, 9.17) is 0 Å². The van der Waals surface area contributed by atoms with Crippen LogP contribution in [-0.4, -0.2) is 32.0 Å². The van der Waals surface area contributed by atoms with Crippen LogP contribution in [0.2, 0.25) is 0 Å². The number of benzene rings is 3. The van der Waals surface area contributed by atoms with Crippen LogP contribution in [0.15, 0.2) is 77.7 Å². The number of carbonyl (C=O) groups excluding carboxylic acids is 1. The van der Waals surface area contributed by atoms with Crippen LogP contribution < -0.4 is 5.32 Å². The van der Waals surface area contributed by atoms with E-state index >= 15 is 0 Å². The normalized spacial score (nSPS) is 11.2.